The zero-order chi connectivity index (χ0) is 18.6. The van der Waals surface area contributed by atoms with Gasteiger partial charge in [0.1, 0.15) is 0 Å². The van der Waals surface area contributed by atoms with Gasteiger partial charge in [-0.15, -0.1) is 0 Å². The molecule has 7 heteroatoms. The molecule has 2 bridgehead atoms. The van der Waals surface area contributed by atoms with Gasteiger partial charge in [0.2, 0.25) is 17.7 Å². The number of rotatable bonds is 2. The van der Waals surface area contributed by atoms with Crippen molar-refractivity contribution in [1.29, 1.82) is 0 Å². The predicted octanol–water partition coefficient (Wildman–Crippen LogP) is 3.79. The summed E-state index contributed by atoms with van der Waals surface area (Å²) in [5, 5.41) is 6.11. The van der Waals surface area contributed by atoms with E-state index >= 15 is 0 Å². The van der Waals surface area contributed by atoms with Crippen molar-refractivity contribution >= 4 is 46.6 Å². The van der Waals surface area contributed by atoms with Crippen molar-refractivity contribution in [2.45, 2.75) is 40.0 Å². The standard InChI is InChI=1S/C18H20Cl2N2O3/c1-16(13(23)21-12-6-10(19)4-5-11(12)20)7-17(2)9-18(3,8-16)15(25)22-14(17)24/h4-6H,7-9H2,1-3H3,(H,21,23)(H,22,24,25). The fourth-order valence-corrected chi connectivity index (χ4v) is 4.86. The molecule has 134 valence electrons. The molecule has 0 spiro atoms. The highest BCUT2D eigenvalue weighted by molar-refractivity contribution is 6.35. The zero-order valence-electron chi connectivity index (χ0n) is 14.3. The Morgan fingerprint density at radius 1 is 1.04 bits per heavy atom. The summed E-state index contributed by atoms with van der Waals surface area (Å²) in [5.41, 5.74) is -1.97. The second-order valence-corrected chi connectivity index (χ2v) is 8.92. The molecule has 1 aromatic rings. The predicted molar refractivity (Wildman–Crippen MR) is 96.4 cm³/mol. The Balaban J connectivity index is 1.93. The third-order valence-electron chi connectivity index (χ3n) is 5.39. The molecule has 1 saturated heterocycles. The first-order valence-corrected chi connectivity index (χ1v) is 8.86. The van der Waals surface area contributed by atoms with E-state index in [1.54, 1.807) is 25.1 Å². The summed E-state index contributed by atoms with van der Waals surface area (Å²) < 4.78 is 0. The van der Waals surface area contributed by atoms with Crippen molar-refractivity contribution in [1.82, 2.24) is 5.32 Å². The molecule has 2 N–H and O–H groups in total. The maximum atomic E-state index is 13.0. The molecule has 2 unspecified atom stereocenters. The van der Waals surface area contributed by atoms with E-state index in [4.69, 9.17) is 23.2 Å². The maximum Gasteiger partial charge on any atom is 0.232 e. The highest BCUT2D eigenvalue weighted by atomic mass is 35.5. The van der Waals surface area contributed by atoms with Crippen molar-refractivity contribution in [2.75, 3.05) is 5.32 Å². The van der Waals surface area contributed by atoms with Crippen molar-refractivity contribution in [3.8, 4) is 0 Å². The van der Waals surface area contributed by atoms with Crippen molar-refractivity contribution < 1.29 is 14.4 Å². The first-order chi connectivity index (χ1) is 11.5. The van der Waals surface area contributed by atoms with Gasteiger partial charge >= 0.3 is 0 Å². The molecule has 2 aliphatic rings. The van der Waals surface area contributed by atoms with Crippen LogP contribution in [0.1, 0.15) is 40.0 Å². The number of anilines is 1. The molecule has 0 aromatic heterocycles. The molecular formula is C18H20Cl2N2O3. The van der Waals surface area contributed by atoms with Gasteiger partial charge in [0, 0.05) is 21.3 Å². The Hall–Kier alpha value is -1.59. The Labute approximate surface area is 156 Å². The molecule has 0 radical (unpaired) electrons. The Morgan fingerprint density at radius 2 is 1.60 bits per heavy atom. The van der Waals surface area contributed by atoms with Crippen LogP contribution in [0.5, 0.6) is 0 Å². The van der Waals surface area contributed by atoms with Crippen LogP contribution in [-0.4, -0.2) is 17.7 Å². The van der Waals surface area contributed by atoms with Crippen LogP contribution in [0.3, 0.4) is 0 Å². The fourth-order valence-electron chi connectivity index (χ4n) is 4.52. The van der Waals surface area contributed by atoms with Crippen LogP contribution in [0.15, 0.2) is 18.2 Å². The monoisotopic (exact) mass is 382 g/mol. The molecule has 5 nitrogen and oxygen atoms in total. The van der Waals surface area contributed by atoms with E-state index < -0.39 is 16.2 Å². The first-order valence-electron chi connectivity index (χ1n) is 8.10. The average Bonchev–Trinajstić information content (AvgIpc) is 2.48. The number of piperidine rings is 1. The van der Waals surface area contributed by atoms with E-state index in [-0.39, 0.29) is 17.7 Å². The van der Waals surface area contributed by atoms with Gasteiger partial charge in [-0.3, -0.25) is 19.7 Å². The molecule has 3 amide bonds. The molecule has 1 saturated carbocycles. The minimum atomic E-state index is -0.874. The normalized spacial score (nSPS) is 34.4. The number of hydrogen-bond acceptors (Lipinski definition) is 3. The number of carbonyl (C=O) groups excluding carboxylic acids is 3. The number of amides is 3. The fraction of sp³-hybridized carbons (Fsp3) is 0.500. The third kappa shape index (κ3) is 3.04. The topological polar surface area (TPSA) is 75.3 Å². The Kier molecular flexibility index (Phi) is 4.16. The number of benzene rings is 1. The SMILES string of the molecule is CC12CC(C)(CC(C)(C(=O)Nc3cc(Cl)ccc3Cl)C1)C(=O)NC2=O. The highest BCUT2D eigenvalue weighted by Crippen LogP contribution is 2.56. The zero-order valence-corrected chi connectivity index (χ0v) is 15.8. The largest absolute Gasteiger partial charge is 0.324 e. The lowest BCUT2D eigenvalue weighted by molar-refractivity contribution is -0.163. The lowest BCUT2D eigenvalue weighted by Crippen LogP contribution is -2.63. The molecular weight excluding hydrogens is 363 g/mol. The van der Waals surface area contributed by atoms with Gasteiger partial charge in [0.05, 0.1) is 10.7 Å². The molecule has 1 aliphatic heterocycles. The minimum absolute atomic E-state index is 0.267. The molecule has 2 atom stereocenters. The van der Waals surface area contributed by atoms with Crippen LogP contribution < -0.4 is 10.6 Å². The Morgan fingerprint density at radius 3 is 2.16 bits per heavy atom. The van der Waals surface area contributed by atoms with Gasteiger partial charge in [0.25, 0.3) is 0 Å². The van der Waals surface area contributed by atoms with Crippen LogP contribution in [0.25, 0.3) is 0 Å². The van der Waals surface area contributed by atoms with Gasteiger partial charge in [-0.05, 0) is 37.5 Å². The van der Waals surface area contributed by atoms with Crippen molar-refractivity contribution in [3.05, 3.63) is 28.2 Å². The summed E-state index contributed by atoms with van der Waals surface area (Å²) in [6, 6.07) is 4.82. The molecule has 1 aliphatic carbocycles. The molecule has 3 rings (SSSR count). The summed E-state index contributed by atoms with van der Waals surface area (Å²) in [6.07, 6.45) is 1.17. The van der Waals surface area contributed by atoms with Gasteiger partial charge in [0.15, 0.2) is 0 Å². The number of fused-ring (bicyclic) bond motifs is 2. The van der Waals surface area contributed by atoms with Gasteiger partial charge in [-0.25, -0.2) is 0 Å². The summed E-state index contributed by atoms with van der Waals surface area (Å²) in [7, 11) is 0. The molecule has 2 fully saturated rings. The van der Waals surface area contributed by atoms with Gasteiger partial charge < -0.3 is 5.32 Å². The second kappa shape index (κ2) is 5.71. The Bertz CT molecular complexity index is 767. The summed E-state index contributed by atoms with van der Waals surface area (Å²) in [6.45, 7) is 5.41. The average molecular weight is 383 g/mol. The summed E-state index contributed by atoms with van der Waals surface area (Å²) in [5.74, 6) is -0.889. The van der Waals surface area contributed by atoms with Crippen LogP contribution in [-0.2, 0) is 14.4 Å². The molecule has 25 heavy (non-hydrogen) atoms. The van der Waals surface area contributed by atoms with Crippen LogP contribution in [0, 0.1) is 16.2 Å². The summed E-state index contributed by atoms with van der Waals surface area (Å²) >= 11 is 12.1. The van der Waals surface area contributed by atoms with E-state index in [9.17, 15) is 14.4 Å². The molecule has 1 heterocycles. The highest BCUT2D eigenvalue weighted by Gasteiger charge is 2.60. The van der Waals surface area contributed by atoms with Gasteiger partial charge in [-0.2, -0.15) is 0 Å². The lowest BCUT2D eigenvalue weighted by atomic mass is 9.52. The minimum Gasteiger partial charge on any atom is -0.324 e. The number of nitrogens with one attached hydrogen (secondary N) is 2. The van der Waals surface area contributed by atoms with E-state index in [0.29, 0.717) is 35.0 Å². The van der Waals surface area contributed by atoms with E-state index in [1.807, 2.05) is 13.8 Å². The van der Waals surface area contributed by atoms with E-state index in [2.05, 4.69) is 10.6 Å². The van der Waals surface area contributed by atoms with Crippen LogP contribution in [0.4, 0.5) is 5.69 Å². The maximum absolute atomic E-state index is 13.0. The number of carbonyl (C=O) groups is 3. The van der Waals surface area contributed by atoms with Gasteiger partial charge in [-0.1, -0.05) is 44.0 Å². The van der Waals surface area contributed by atoms with Crippen molar-refractivity contribution in [3.63, 3.8) is 0 Å². The third-order valence-corrected chi connectivity index (χ3v) is 5.95. The second-order valence-electron chi connectivity index (χ2n) is 8.07. The lowest BCUT2D eigenvalue weighted by Gasteiger charge is -2.53. The summed E-state index contributed by atoms with van der Waals surface area (Å²) in [4.78, 5) is 37.7. The smallest absolute Gasteiger partial charge is 0.232 e. The number of halogens is 2. The number of hydrogen-bond donors (Lipinski definition) is 2. The number of imide groups is 1. The first kappa shape index (κ1) is 18.2. The molecule has 1 aromatic carbocycles. The van der Waals surface area contributed by atoms with Crippen LogP contribution >= 0.6 is 23.2 Å². The van der Waals surface area contributed by atoms with E-state index in [0.717, 1.165) is 0 Å². The van der Waals surface area contributed by atoms with E-state index in [1.165, 1.54) is 0 Å². The quantitative estimate of drug-likeness (QED) is 0.763. The van der Waals surface area contributed by atoms with Crippen molar-refractivity contribution in [2.24, 2.45) is 16.2 Å². The van der Waals surface area contributed by atoms with Crippen LogP contribution in [0.2, 0.25) is 10.0 Å².